The third-order valence-electron chi connectivity index (χ3n) is 2.09. The molecule has 0 amide bonds. The molecule has 2 rings (SSSR count). The van der Waals surface area contributed by atoms with E-state index in [1.54, 1.807) is 0 Å². The second kappa shape index (κ2) is 4.28. The van der Waals surface area contributed by atoms with Crippen LogP contribution in [0.5, 0.6) is 0 Å². The number of aromatic carboxylic acids is 1. The van der Waals surface area contributed by atoms with Crippen LogP contribution < -0.4 is 0 Å². The van der Waals surface area contributed by atoms with Gasteiger partial charge in [0.05, 0.1) is 12.7 Å². The number of hydrogen-bond donors (Lipinski definition) is 1. The van der Waals surface area contributed by atoms with Gasteiger partial charge in [0, 0.05) is 0 Å². The highest BCUT2D eigenvalue weighted by Gasteiger charge is 2.09. The zero-order valence-corrected chi connectivity index (χ0v) is 8.47. The van der Waals surface area contributed by atoms with Gasteiger partial charge in [-0.25, -0.2) is 18.3 Å². The molecule has 1 aromatic heterocycles. The lowest BCUT2D eigenvalue weighted by Gasteiger charge is -2.01. The second-order valence-corrected chi connectivity index (χ2v) is 3.35. The number of rotatable bonds is 3. The van der Waals surface area contributed by atoms with E-state index in [1.165, 1.54) is 16.9 Å². The van der Waals surface area contributed by atoms with Gasteiger partial charge in [0.15, 0.2) is 17.3 Å². The van der Waals surface area contributed by atoms with Gasteiger partial charge in [0.25, 0.3) is 0 Å². The zero-order valence-electron chi connectivity index (χ0n) is 8.47. The number of carboxylic acid groups (broad SMARTS) is 1. The van der Waals surface area contributed by atoms with Gasteiger partial charge in [-0.1, -0.05) is 11.3 Å². The summed E-state index contributed by atoms with van der Waals surface area (Å²) in [5.74, 6) is -3.08. The number of nitrogens with zero attached hydrogens (tertiary/aromatic N) is 3. The Kier molecular flexibility index (Phi) is 2.82. The van der Waals surface area contributed by atoms with E-state index in [2.05, 4.69) is 10.3 Å². The van der Waals surface area contributed by atoms with Crippen LogP contribution in [0.15, 0.2) is 24.4 Å². The highest BCUT2D eigenvalue weighted by molar-refractivity contribution is 5.84. The molecule has 0 bridgehead atoms. The Bertz CT molecular complexity index is 568. The van der Waals surface area contributed by atoms with Crippen LogP contribution in [-0.2, 0) is 6.54 Å². The van der Waals surface area contributed by atoms with Crippen LogP contribution in [0.25, 0.3) is 0 Å². The van der Waals surface area contributed by atoms with E-state index in [1.807, 2.05) is 0 Å². The molecule has 0 unspecified atom stereocenters. The lowest BCUT2D eigenvalue weighted by Crippen LogP contribution is -2.01. The molecule has 2 aromatic rings. The van der Waals surface area contributed by atoms with E-state index < -0.39 is 17.6 Å². The molecule has 0 fully saturated rings. The van der Waals surface area contributed by atoms with Crippen molar-refractivity contribution in [3.63, 3.8) is 0 Å². The SMILES string of the molecule is O=C(O)c1cn(Cc2ccc(F)c(F)c2)nn1. The normalized spacial score (nSPS) is 10.5. The summed E-state index contributed by atoms with van der Waals surface area (Å²) < 4.78 is 26.8. The molecule has 0 radical (unpaired) electrons. The molecule has 0 aliphatic carbocycles. The van der Waals surface area contributed by atoms with Crippen LogP contribution in [-0.4, -0.2) is 26.1 Å². The third kappa shape index (κ3) is 2.44. The Morgan fingerprint density at radius 3 is 2.71 bits per heavy atom. The Labute approximate surface area is 94.3 Å². The highest BCUT2D eigenvalue weighted by atomic mass is 19.2. The molecule has 0 aliphatic heterocycles. The minimum absolute atomic E-state index is 0.122. The zero-order chi connectivity index (χ0) is 12.4. The maximum absolute atomic E-state index is 12.9. The molecule has 1 heterocycles. The summed E-state index contributed by atoms with van der Waals surface area (Å²) in [5, 5.41) is 15.6. The number of carbonyl (C=O) groups is 1. The second-order valence-electron chi connectivity index (χ2n) is 3.35. The fourth-order valence-corrected chi connectivity index (χ4v) is 1.30. The van der Waals surface area contributed by atoms with Crippen LogP contribution in [0, 0.1) is 11.6 Å². The molecule has 0 aliphatic rings. The first-order chi connectivity index (χ1) is 8.06. The fourth-order valence-electron chi connectivity index (χ4n) is 1.30. The average molecular weight is 239 g/mol. The van der Waals surface area contributed by atoms with E-state index >= 15 is 0 Å². The van der Waals surface area contributed by atoms with Crippen LogP contribution in [0.4, 0.5) is 8.78 Å². The summed E-state index contributed by atoms with van der Waals surface area (Å²) in [6, 6.07) is 3.41. The van der Waals surface area contributed by atoms with Crippen molar-refractivity contribution < 1.29 is 18.7 Å². The molecule has 7 heteroatoms. The standard InChI is InChI=1S/C10H7F2N3O2/c11-7-2-1-6(3-8(7)12)4-15-5-9(10(16)17)13-14-15/h1-3,5H,4H2,(H,16,17). The van der Waals surface area contributed by atoms with Crippen molar-refractivity contribution in [1.82, 2.24) is 15.0 Å². The Morgan fingerprint density at radius 2 is 2.12 bits per heavy atom. The molecule has 0 atom stereocenters. The summed E-state index contributed by atoms with van der Waals surface area (Å²) in [5.41, 5.74) is 0.262. The predicted octanol–water partition coefficient (Wildman–Crippen LogP) is 1.30. The average Bonchev–Trinajstić information content (AvgIpc) is 2.72. The monoisotopic (exact) mass is 239 g/mol. The summed E-state index contributed by atoms with van der Waals surface area (Å²) in [7, 11) is 0. The maximum Gasteiger partial charge on any atom is 0.358 e. The Morgan fingerprint density at radius 1 is 1.35 bits per heavy atom. The Balaban J connectivity index is 2.19. The molecule has 0 spiro atoms. The van der Waals surface area contributed by atoms with Crippen molar-refractivity contribution in [1.29, 1.82) is 0 Å². The number of hydrogen-bond acceptors (Lipinski definition) is 3. The molecule has 17 heavy (non-hydrogen) atoms. The van der Waals surface area contributed by atoms with E-state index in [4.69, 9.17) is 5.11 Å². The third-order valence-corrected chi connectivity index (χ3v) is 2.09. The van der Waals surface area contributed by atoms with Crippen molar-refractivity contribution in [2.75, 3.05) is 0 Å². The lowest BCUT2D eigenvalue weighted by molar-refractivity contribution is 0.0690. The summed E-state index contributed by atoms with van der Waals surface area (Å²) >= 11 is 0. The first kappa shape index (κ1) is 11.2. The van der Waals surface area contributed by atoms with Gasteiger partial charge in [-0.2, -0.15) is 0 Å². The van der Waals surface area contributed by atoms with Gasteiger partial charge in [-0.3, -0.25) is 0 Å². The molecule has 0 saturated heterocycles. The van der Waals surface area contributed by atoms with E-state index in [0.717, 1.165) is 12.1 Å². The van der Waals surface area contributed by atoms with Crippen molar-refractivity contribution in [2.45, 2.75) is 6.54 Å². The van der Waals surface area contributed by atoms with Gasteiger partial charge in [-0.05, 0) is 17.7 Å². The van der Waals surface area contributed by atoms with E-state index in [9.17, 15) is 13.6 Å². The number of aromatic nitrogens is 3. The van der Waals surface area contributed by atoms with Crippen LogP contribution in [0.2, 0.25) is 0 Å². The quantitative estimate of drug-likeness (QED) is 0.876. The largest absolute Gasteiger partial charge is 0.476 e. The van der Waals surface area contributed by atoms with E-state index in [0.29, 0.717) is 5.56 Å². The predicted molar refractivity (Wildman–Crippen MR) is 52.4 cm³/mol. The van der Waals surface area contributed by atoms with Crippen LogP contribution >= 0.6 is 0 Å². The summed E-state index contributed by atoms with van der Waals surface area (Å²) in [6.45, 7) is 0.122. The lowest BCUT2D eigenvalue weighted by atomic mass is 10.2. The van der Waals surface area contributed by atoms with Crippen molar-refractivity contribution in [3.05, 3.63) is 47.3 Å². The Hall–Kier alpha value is -2.31. The van der Waals surface area contributed by atoms with Gasteiger partial charge >= 0.3 is 5.97 Å². The number of benzene rings is 1. The topological polar surface area (TPSA) is 68.0 Å². The van der Waals surface area contributed by atoms with Crippen LogP contribution in [0.3, 0.4) is 0 Å². The van der Waals surface area contributed by atoms with Gasteiger partial charge in [0.2, 0.25) is 0 Å². The first-order valence-corrected chi connectivity index (χ1v) is 4.63. The first-order valence-electron chi connectivity index (χ1n) is 4.63. The van der Waals surface area contributed by atoms with Crippen molar-refractivity contribution in [2.24, 2.45) is 0 Å². The van der Waals surface area contributed by atoms with Crippen molar-refractivity contribution >= 4 is 5.97 Å². The van der Waals surface area contributed by atoms with E-state index in [-0.39, 0.29) is 12.2 Å². The van der Waals surface area contributed by atoms with Crippen molar-refractivity contribution in [3.8, 4) is 0 Å². The van der Waals surface area contributed by atoms with Crippen LogP contribution in [0.1, 0.15) is 16.1 Å². The molecular weight excluding hydrogens is 232 g/mol. The molecule has 88 valence electrons. The van der Waals surface area contributed by atoms with Gasteiger partial charge in [0.1, 0.15) is 0 Å². The van der Waals surface area contributed by atoms with Gasteiger partial charge < -0.3 is 5.11 Å². The highest BCUT2D eigenvalue weighted by Crippen LogP contribution is 2.09. The minimum Gasteiger partial charge on any atom is -0.476 e. The molecule has 1 N–H and O–H groups in total. The number of carboxylic acids is 1. The minimum atomic E-state index is -1.19. The molecule has 0 saturated carbocycles. The molecular formula is C10H7F2N3O2. The molecule has 1 aromatic carbocycles. The number of halogens is 2. The fraction of sp³-hybridized carbons (Fsp3) is 0.100. The maximum atomic E-state index is 12.9. The molecule has 5 nitrogen and oxygen atoms in total. The summed E-state index contributed by atoms with van der Waals surface area (Å²) in [4.78, 5) is 10.5. The summed E-state index contributed by atoms with van der Waals surface area (Å²) in [6.07, 6.45) is 1.21. The smallest absolute Gasteiger partial charge is 0.358 e. The van der Waals surface area contributed by atoms with Gasteiger partial charge in [-0.15, -0.1) is 5.10 Å².